The lowest BCUT2D eigenvalue weighted by atomic mass is 9.83. The number of aryl methyl sites for hydroxylation is 1. The predicted molar refractivity (Wildman–Crippen MR) is 131 cm³/mol. The molecule has 0 fully saturated rings. The molecule has 8 heteroatoms. The van der Waals surface area contributed by atoms with Gasteiger partial charge in [0.05, 0.1) is 11.9 Å². The van der Waals surface area contributed by atoms with Gasteiger partial charge in [-0.3, -0.25) is 4.90 Å². The standard InChI is InChI=1S/C26H29N7O/c1-25(2)20-7-6-19(13-17(20)10-12-33(25)4)29-24-28-15-18(14-27)23(32-24)31-21-8-5-16-9-11-26(3,34)22(16)30-21/h5-8,13,15,34H,9-12H2,1-4H3,(H2,28,29,30,31,32). The molecular formula is C26H29N7O. The van der Waals surface area contributed by atoms with Gasteiger partial charge in [0, 0.05) is 17.8 Å². The van der Waals surface area contributed by atoms with E-state index < -0.39 is 5.60 Å². The summed E-state index contributed by atoms with van der Waals surface area (Å²) in [5.74, 6) is 1.29. The molecular weight excluding hydrogens is 426 g/mol. The van der Waals surface area contributed by atoms with E-state index in [1.807, 2.05) is 18.2 Å². The van der Waals surface area contributed by atoms with Gasteiger partial charge in [-0.25, -0.2) is 9.97 Å². The third kappa shape index (κ3) is 3.87. The number of anilines is 4. The van der Waals surface area contributed by atoms with Gasteiger partial charge in [0.2, 0.25) is 5.95 Å². The van der Waals surface area contributed by atoms with Crippen LogP contribution in [0.2, 0.25) is 0 Å². The number of likely N-dealkylation sites (N-methyl/N-ethyl adjacent to an activating group) is 1. The van der Waals surface area contributed by atoms with Crippen LogP contribution in [0.5, 0.6) is 0 Å². The number of aliphatic hydroxyl groups is 1. The number of aromatic nitrogens is 3. The van der Waals surface area contributed by atoms with E-state index in [2.05, 4.69) is 69.6 Å². The summed E-state index contributed by atoms with van der Waals surface area (Å²) in [6.07, 6.45) is 3.93. The van der Waals surface area contributed by atoms with Crippen LogP contribution >= 0.6 is 0 Å². The molecule has 0 radical (unpaired) electrons. The minimum atomic E-state index is -0.945. The Hall–Kier alpha value is -3.54. The minimum Gasteiger partial charge on any atom is -0.384 e. The van der Waals surface area contributed by atoms with Crippen molar-refractivity contribution in [1.29, 1.82) is 5.26 Å². The van der Waals surface area contributed by atoms with Crippen LogP contribution in [0, 0.1) is 11.3 Å². The van der Waals surface area contributed by atoms with E-state index in [0.717, 1.165) is 30.6 Å². The highest BCUT2D eigenvalue weighted by Gasteiger charge is 2.34. The first-order valence-corrected chi connectivity index (χ1v) is 11.6. The van der Waals surface area contributed by atoms with Gasteiger partial charge in [0.1, 0.15) is 23.1 Å². The van der Waals surface area contributed by atoms with Crippen molar-refractivity contribution < 1.29 is 5.11 Å². The summed E-state index contributed by atoms with van der Waals surface area (Å²) < 4.78 is 0. The Morgan fingerprint density at radius 3 is 2.68 bits per heavy atom. The van der Waals surface area contributed by atoms with E-state index in [0.29, 0.717) is 35.3 Å². The van der Waals surface area contributed by atoms with Crippen LogP contribution in [0.1, 0.15) is 55.1 Å². The number of benzene rings is 1. The van der Waals surface area contributed by atoms with Crippen LogP contribution in [0.15, 0.2) is 36.5 Å². The summed E-state index contributed by atoms with van der Waals surface area (Å²) in [5, 5.41) is 26.6. The number of rotatable bonds is 4. The summed E-state index contributed by atoms with van der Waals surface area (Å²) in [7, 11) is 2.16. The van der Waals surface area contributed by atoms with E-state index in [1.165, 1.54) is 17.3 Å². The van der Waals surface area contributed by atoms with Crippen molar-refractivity contribution in [3.05, 3.63) is 64.5 Å². The Bertz CT molecular complexity index is 1310. The fraction of sp³-hybridized carbons (Fsp3) is 0.385. The third-order valence-corrected chi connectivity index (χ3v) is 7.22. The number of nitriles is 1. The Morgan fingerprint density at radius 1 is 1.06 bits per heavy atom. The van der Waals surface area contributed by atoms with Gasteiger partial charge in [-0.15, -0.1) is 0 Å². The third-order valence-electron chi connectivity index (χ3n) is 7.22. The fourth-order valence-corrected chi connectivity index (χ4v) is 4.84. The molecule has 8 nitrogen and oxygen atoms in total. The van der Waals surface area contributed by atoms with Gasteiger partial charge in [-0.05, 0) is 82.0 Å². The first kappa shape index (κ1) is 22.3. The van der Waals surface area contributed by atoms with Crippen LogP contribution in [0.3, 0.4) is 0 Å². The smallest absolute Gasteiger partial charge is 0.229 e. The number of nitrogens with zero attached hydrogens (tertiary/aromatic N) is 5. The van der Waals surface area contributed by atoms with Gasteiger partial charge in [0.15, 0.2) is 5.82 Å². The monoisotopic (exact) mass is 455 g/mol. The molecule has 174 valence electrons. The number of fused-ring (bicyclic) bond motifs is 2. The zero-order valence-electron chi connectivity index (χ0n) is 20.0. The van der Waals surface area contributed by atoms with E-state index in [9.17, 15) is 10.4 Å². The van der Waals surface area contributed by atoms with Crippen LogP contribution in [0.4, 0.5) is 23.3 Å². The predicted octanol–water partition coefficient (Wildman–Crippen LogP) is 4.11. The molecule has 1 aliphatic heterocycles. The van der Waals surface area contributed by atoms with Gasteiger partial charge in [0.25, 0.3) is 0 Å². The summed E-state index contributed by atoms with van der Waals surface area (Å²) >= 11 is 0. The lowest BCUT2D eigenvalue weighted by Gasteiger charge is -2.41. The molecule has 0 spiro atoms. The maximum Gasteiger partial charge on any atom is 0.229 e. The lowest BCUT2D eigenvalue weighted by Crippen LogP contribution is -2.43. The van der Waals surface area contributed by atoms with Crippen LogP contribution in [0.25, 0.3) is 0 Å². The Morgan fingerprint density at radius 2 is 1.88 bits per heavy atom. The highest BCUT2D eigenvalue weighted by molar-refractivity contribution is 5.64. The molecule has 0 saturated heterocycles. The number of nitrogens with one attached hydrogen (secondary N) is 2. The van der Waals surface area contributed by atoms with Crippen LogP contribution < -0.4 is 10.6 Å². The SMILES string of the molecule is CN1CCc2cc(Nc3ncc(C#N)c(Nc4ccc5c(n4)C(C)(O)CC5)n3)ccc2C1(C)C. The Labute approximate surface area is 199 Å². The molecule has 1 aliphatic carbocycles. The molecule has 5 rings (SSSR count). The molecule has 3 N–H and O–H groups in total. The first-order valence-electron chi connectivity index (χ1n) is 11.6. The van der Waals surface area contributed by atoms with Crippen molar-refractivity contribution in [3.63, 3.8) is 0 Å². The van der Waals surface area contributed by atoms with Crippen molar-refractivity contribution in [2.24, 2.45) is 0 Å². The average Bonchev–Trinajstić information content (AvgIpc) is 3.11. The molecule has 3 aromatic rings. The normalized spacial score (nSPS) is 20.8. The van der Waals surface area contributed by atoms with Crippen molar-refractivity contribution >= 4 is 23.3 Å². The van der Waals surface area contributed by atoms with Gasteiger partial charge >= 0.3 is 0 Å². The summed E-state index contributed by atoms with van der Waals surface area (Å²) in [4.78, 5) is 15.9. The molecule has 2 aromatic heterocycles. The van der Waals surface area contributed by atoms with Crippen LogP contribution in [-0.2, 0) is 24.0 Å². The van der Waals surface area contributed by atoms with E-state index in [1.54, 1.807) is 6.92 Å². The summed E-state index contributed by atoms with van der Waals surface area (Å²) in [6.45, 7) is 7.27. The number of pyridine rings is 1. The fourth-order valence-electron chi connectivity index (χ4n) is 4.84. The van der Waals surface area contributed by atoms with Crippen molar-refractivity contribution in [1.82, 2.24) is 19.9 Å². The molecule has 0 bridgehead atoms. The second-order valence-corrected chi connectivity index (χ2v) is 9.90. The molecule has 2 aliphatic rings. The Kier molecular flexibility index (Phi) is 5.27. The largest absolute Gasteiger partial charge is 0.384 e. The van der Waals surface area contributed by atoms with Gasteiger partial charge in [-0.1, -0.05) is 12.1 Å². The first-order chi connectivity index (χ1) is 16.2. The highest BCUT2D eigenvalue weighted by atomic mass is 16.3. The number of hydrogen-bond donors (Lipinski definition) is 3. The molecule has 34 heavy (non-hydrogen) atoms. The van der Waals surface area contributed by atoms with E-state index >= 15 is 0 Å². The highest BCUT2D eigenvalue weighted by Crippen LogP contribution is 2.37. The quantitative estimate of drug-likeness (QED) is 0.539. The van der Waals surface area contributed by atoms with Gasteiger partial charge < -0.3 is 15.7 Å². The zero-order valence-corrected chi connectivity index (χ0v) is 20.0. The molecule has 0 amide bonds. The molecule has 1 unspecified atom stereocenters. The average molecular weight is 456 g/mol. The maximum absolute atomic E-state index is 10.6. The summed E-state index contributed by atoms with van der Waals surface area (Å²) in [5.41, 5.74) is 4.62. The minimum absolute atomic E-state index is 0.0122. The maximum atomic E-state index is 10.6. The molecule has 3 heterocycles. The van der Waals surface area contributed by atoms with E-state index in [-0.39, 0.29) is 5.54 Å². The van der Waals surface area contributed by atoms with Crippen molar-refractivity contribution in [2.45, 2.75) is 51.2 Å². The van der Waals surface area contributed by atoms with Crippen molar-refractivity contribution in [3.8, 4) is 6.07 Å². The lowest BCUT2D eigenvalue weighted by molar-refractivity contribution is 0.0555. The zero-order chi connectivity index (χ0) is 24.1. The second kappa shape index (κ2) is 8.05. The molecule has 1 aromatic carbocycles. The second-order valence-electron chi connectivity index (χ2n) is 9.90. The summed E-state index contributed by atoms with van der Waals surface area (Å²) in [6, 6.07) is 12.3. The number of hydrogen-bond acceptors (Lipinski definition) is 8. The Balaban J connectivity index is 1.41. The molecule has 1 atom stereocenters. The van der Waals surface area contributed by atoms with Crippen molar-refractivity contribution in [2.75, 3.05) is 24.2 Å². The van der Waals surface area contributed by atoms with Crippen LogP contribution in [-0.4, -0.2) is 38.6 Å². The van der Waals surface area contributed by atoms with E-state index in [4.69, 9.17) is 0 Å². The molecule has 0 saturated carbocycles. The van der Waals surface area contributed by atoms with Gasteiger partial charge in [-0.2, -0.15) is 10.2 Å². The topological polar surface area (TPSA) is 110 Å².